The molecule has 0 aliphatic heterocycles. The number of nitrogens with one attached hydrogen (secondary N) is 1. The molecule has 0 atom stereocenters. The van der Waals surface area contributed by atoms with Crippen LogP contribution in [0.25, 0.3) is 11.3 Å². The number of hydrogen-bond acceptors (Lipinski definition) is 5. The smallest absolute Gasteiger partial charge is 0.263 e. The van der Waals surface area contributed by atoms with Crippen molar-refractivity contribution in [2.75, 3.05) is 4.72 Å². The van der Waals surface area contributed by atoms with E-state index in [-0.39, 0.29) is 15.9 Å². The molecule has 0 aliphatic carbocycles. The summed E-state index contributed by atoms with van der Waals surface area (Å²) < 4.78 is 32.1. The summed E-state index contributed by atoms with van der Waals surface area (Å²) in [5.41, 5.74) is 0.787. The molecule has 0 bridgehead atoms. The van der Waals surface area contributed by atoms with Crippen molar-refractivity contribution in [1.29, 1.82) is 0 Å². The lowest BCUT2D eigenvalue weighted by Gasteiger charge is -2.07. The molecule has 3 rings (SSSR count). The van der Waals surface area contributed by atoms with Gasteiger partial charge in [-0.2, -0.15) is 0 Å². The molecule has 1 N–H and O–H groups in total. The number of aromatic nitrogens is 2. The summed E-state index contributed by atoms with van der Waals surface area (Å²) in [6.07, 6.45) is 1.56. The Hall–Kier alpha value is -2.38. The first-order chi connectivity index (χ1) is 10.5. The van der Waals surface area contributed by atoms with Gasteiger partial charge in [-0.15, -0.1) is 10.2 Å². The van der Waals surface area contributed by atoms with Gasteiger partial charge >= 0.3 is 0 Å². The van der Waals surface area contributed by atoms with E-state index in [0.29, 0.717) is 5.76 Å². The highest BCUT2D eigenvalue weighted by molar-refractivity contribution is 7.92. The van der Waals surface area contributed by atoms with Crippen LogP contribution >= 0.6 is 11.6 Å². The quantitative estimate of drug-likeness (QED) is 0.791. The van der Waals surface area contributed by atoms with Crippen molar-refractivity contribution in [3.05, 3.63) is 59.9 Å². The average molecular weight is 336 g/mol. The molecule has 1 aromatic carbocycles. The summed E-state index contributed by atoms with van der Waals surface area (Å²) in [6, 6.07) is 12.8. The highest BCUT2D eigenvalue weighted by atomic mass is 35.5. The van der Waals surface area contributed by atoms with Crippen molar-refractivity contribution < 1.29 is 12.8 Å². The van der Waals surface area contributed by atoms with Crippen LogP contribution in [0.4, 0.5) is 5.82 Å². The van der Waals surface area contributed by atoms with E-state index in [9.17, 15) is 8.42 Å². The second-order valence-electron chi connectivity index (χ2n) is 4.35. The van der Waals surface area contributed by atoms with Gasteiger partial charge in [0.2, 0.25) is 0 Å². The number of anilines is 1. The van der Waals surface area contributed by atoms with Gasteiger partial charge in [0.1, 0.15) is 5.76 Å². The van der Waals surface area contributed by atoms with Crippen LogP contribution in [0.1, 0.15) is 0 Å². The van der Waals surface area contributed by atoms with Crippen LogP contribution in [0.5, 0.6) is 0 Å². The van der Waals surface area contributed by atoms with Gasteiger partial charge in [-0.1, -0.05) is 11.6 Å². The molecule has 0 aliphatic rings. The van der Waals surface area contributed by atoms with Crippen LogP contribution in [-0.2, 0) is 10.0 Å². The largest absolute Gasteiger partial charge is 0.464 e. The van der Waals surface area contributed by atoms with Gasteiger partial charge in [-0.25, -0.2) is 8.42 Å². The van der Waals surface area contributed by atoms with Crippen molar-refractivity contribution in [2.45, 2.75) is 4.90 Å². The van der Waals surface area contributed by atoms with E-state index in [2.05, 4.69) is 14.9 Å². The summed E-state index contributed by atoms with van der Waals surface area (Å²) in [5, 5.41) is 7.43. The minimum atomic E-state index is -3.74. The Labute approximate surface area is 131 Å². The number of rotatable bonds is 4. The molecule has 8 heteroatoms. The van der Waals surface area contributed by atoms with Gasteiger partial charge in [-0.3, -0.25) is 4.72 Å². The van der Waals surface area contributed by atoms with E-state index >= 15 is 0 Å². The summed E-state index contributed by atoms with van der Waals surface area (Å²) in [5.74, 6) is 0.764. The number of furan rings is 1. The topological polar surface area (TPSA) is 85.1 Å². The molecule has 112 valence electrons. The predicted molar refractivity (Wildman–Crippen MR) is 82.0 cm³/mol. The summed E-state index contributed by atoms with van der Waals surface area (Å²) >= 11 is 5.61. The second-order valence-corrected chi connectivity index (χ2v) is 6.42. The standard InChI is InChI=1S/C14H10ClN3O3S/c15-13-7-8-14(17-16-13)18-22(19,20)11-5-3-10(4-6-11)12-2-1-9-21-12/h1-9H,(H,17,18). The van der Waals surface area contributed by atoms with Crippen LogP contribution in [-0.4, -0.2) is 18.6 Å². The molecule has 22 heavy (non-hydrogen) atoms. The van der Waals surface area contributed by atoms with Crippen LogP contribution in [0.15, 0.2) is 64.1 Å². The lowest BCUT2D eigenvalue weighted by Crippen LogP contribution is -2.14. The molecule has 2 heterocycles. The van der Waals surface area contributed by atoms with Crippen molar-refractivity contribution >= 4 is 27.4 Å². The Morgan fingerprint density at radius 3 is 2.36 bits per heavy atom. The third-order valence-electron chi connectivity index (χ3n) is 2.84. The predicted octanol–water partition coefficient (Wildman–Crippen LogP) is 3.19. The van der Waals surface area contributed by atoms with E-state index in [1.54, 1.807) is 30.5 Å². The van der Waals surface area contributed by atoms with Crippen molar-refractivity contribution in [1.82, 2.24) is 10.2 Å². The lowest BCUT2D eigenvalue weighted by molar-refractivity contribution is 0.582. The van der Waals surface area contributed by atoms with E-state index in [4.69, 9.17) is 16.0 Å². The fraction of sp³-hybridized carbons (Fsp3) is 0. The first-order valence-corrected chi connectivity index (χ1v) is 8.07. The highest BCUT2D eigenvalue weighted by Crippen LogP contribution is 2.22. The van der Waals surface area contributed by atoms with Gasteiger partial charge in [0.25, 0.3) is 10.0 Å². The Morgan fingerprint density at radius 1 is 1.00 bits per heavy atom. The average Bonchev–Trinajstić information content (AvgIpc) is 3.04. The molecule has 0 fully saturated rings. The zero-order chi connectivity index (χ0) is 15.6. The van der Waals surface area contributed by atoms with Crippen LogP contribution in [0.3, 0.4) is 0 Å². The fourth-order valence-corrected chi connectivity index (χ4v) is 2.91. The van der Waals surface area contributed by atoms with E-state index < -0.39 is 10.0 Å². The fourth-order valence-electron chi connectivity index (χ4n) is 1.81. The Bertz CT molecular complexity index is 861. The van der Waals surface area contributed by atoms with Crippen LogP contribution in [0, 0.1) is 0 Å². The zero-order valence-electron chi connectivity index (χ0n) is 11.1. The van der Waals surface area contributed by atoms with Crippen LogP contribution < -0.4 is 4.72 Å². The molecule has 0 amide bonds. The maximum atomic E-state index is 12.2. The highest BCUT2D eigenvalue weighted by Gasteiger charge is 2.15. The van der Waals surface area contributed by atoms with Gasteiger partial charge in [0.05, 0.1) is 11.2 Å². The van der Waals surface area contributed by atoms with E-state index in [1.165, 1.54) is 24.3 Å². The molecule has 0 spiro atoms. The second kappa shape index (κ2) is 5.78. The monoisotopic (exact) mass is 335 g/mol. The summed E-state index contributed by atoms with van der Waals surface area (Å²) in [6.45, 7) is 0. The third-order valence-corrected chi connectivity index (χ3v) is 4.41. The normalized spacial score (nSPS) is 11.3. The summed E-state index contributed by atoms with van der Waals surface area (Å²) in [4.78, 5) is 0.111. The number of hydrogen-bond donors (Lipinski definition) is 1. The zero-order valence-corrected chi connectivity index (χ0v) is 12.7. The first kappa shape index (κ1) is 14.6. The lowest BCUT2D eigenvalue weighted by atomic mass is 10.2. The molecule has 3 aromatic rings. The third kappa shape index (κ3) is 3.10. The molecular weight excluding hydrogens is 326 g/mol. The molecular formula is C14H10ClN3O3S. The Balaban J connectivity index is 1.84. The van der Waals surface area contributed by atoms with E-state index in [0.717, 1.165) is 5.56 Å². The van der Waals surface area contributed by atoms with Gasteiger partial charge in [-0.05, 0) is 48.5 Å². The molecule has 2 aromatic heterocycles. The number of benzene rings is 1. The Kier molecular flexibility index (Phi) is 3.82. The molecule has 6 nitrogen and oxygen atoms in total. The maximum Gasteiger partial charge on any atom is 0.263 e. The molecule has 0 radical (unpaired) electrons. The van der Waals surface area contributed by atoms with Crippen LogP contribution in [0.2, 0.25) is 5.15 Å². The van der Waals surface area contributed by atoms with Crippen molar-refractivity contribution in [3.8, 4) is 11.3 Å². The van der Waals surface area contributed by atoms with E-state index in [1.807, 2.05) is 0 Å². The molecule has 0 saturated carbocycles. The molecule has 0 saturated heterocycles. The van der Waals surface area contributed by atoms with Gasteiger partial charge in [0, 0.05) is 5.56 Å². The number of nitrogens with zero attached hydrogens (tertiary/aromatic N) is 2. The van der Waals surface area contributed by atoms with Gasteiger partial charge in [0.15, 0.2) is 11.0 Å². The SMILES string of the molecule is O=S(=O)(Nc1ccc(Cl)nn1)c1ccc(-c2ccco2)cc1. The minimum absolute atomic E-state index is 0.0968. The Morgan fingerprint density at radius 2 is 1.77 bits per heavy atom. The number of halogens is 1. The summed E-state index contributed by atoms with van der Waals surface area (Å²) in [7, 11) is -3.74. The van der Waals surface area contributed by atoms with Gasteiger partial charge < -0.3 is 4.42 Å². The molecule has 0 unspecified atom stereocenters. The minimum Gasteiger partial charge on any atom is -0.464 e. The van der Waals surface area contributed by atoms with Crippen molar-refractivity contribution in [3.63, 3.8) is 0 Å². The first-order valence-electron chi connectivity index (χ1n) is 6.20. The number of sulfonamides is 1. The maximum absolute atomic E-state index is 12.2. The van der Waals surface area contributed by atoms with Crippen molar-refractivity contribution in [2.24, 2.45) is 0 Å².